The lowest BCUT2D eigenvalue weighted by atomic mass is 10.4. The maximum atomic E-state index is 4.20. The average molecular weight is 200 g/mol. The first-order valence-corrected chi connectivity index (χ1v) is 4.03. The minimum atomic E-state index is 0.605. The molecule has 1 aliphatic rings. The van der Waals surface area contributed by atoms with Crippen molar-refractivity contribution < 1.29 is 0 Å². The molecule has 2 rings (SSSR count). The number of nitrogens with zero attached hydrogens (tertiary/aromatic N) is 3. The molecule has 1 aromatic rings. The predicted molar refractivity (Wildman–Crippen MR) is 39.6 cm³/mol. The summed E-state index contributed by atoms with van der Waals surface area (Å²) in [4.78, 5) is 4.20. The van der Waals surface area contributed by atoms with Crippen LogP contribution in [-0.4, -0.2) is 15.2 Å². The lowest BCUT2D eigenvalue weighted by molar-refractivity contribution is 0.861. The summed E-state index contributed by atoms with van der Waals surface area (Å²) in [5, 5.41) is 7.81. The van der Waals surface area contributed by atoms with E-state index >= 15 is 0 Å². The van der Waals surface area contributed by atoms with Gasteiger partial charge in [-0.15, -0.1) is 5.10 Å². The zero-order valence-electron chi connectivity index (χ0n) is 5.34. The summed E-state index contributed by atoms with van der Waals surface area (Å²) in [6.45, 7) is 0. The van der Waals surface area contributed by atoms with Gasteiger partial charge in [-0.3, -0.25) is 0 Å². The van der Waals surface area contributed by atoms with Gasteiger partial charge in [-0.25, -0.2) is 4.98 Å². The van der Waals surface area contributed by atoms with Gasteiger partial charge < -0.3 is 0 Å². The highest BCUT2D eigenvalue weighted by Gasteiger charge is 2.13. The second kappa shape index (κ2) is 2.27. The van der Waals surface area contributed by atoms with Gasteiger partial charge in [0, 0.05) is 0 Å². The molecule has 0 aliphatic heterocycles. The van der Waals surface area contributed by atoms with E-state index in [-0.39, 0.29) is 0 Å². The Morgan fingerprint density at radius 3 is 2.80 bits per heavy atom. The van der Waals surface area contributed by atoms with E-state index in [2.05, 4.69) is 31.1 Å². The first kappa shape index (κ1) is 6.22. The lowest BCUT2D eigenvalue weighted by Gasteiger charge is -1.93. The fourth-order valence-electron chi connectivity index (χ4n) is 1.18. The summed E-state index contributed by atoms with van der Waals surface area (Å²) < 4.78 is 0.605. The minimum Gasteiger partial charge on any atom is -0.224 e. The van der Waals surface area contributed by atoms with E-state index in [0.717, 1.165) is 24.2 Å². The predicted octanol–water partition coefficient (Wildman–Crippen LogP) is 1.12. The monoisotopic (exact) mass is 199 g/mol. The highest BCUT2D eigenvalue weighted by Crippen LogP contribution is 2.17. The molecule has 0 saturated heterocycles. The fraction of sp³-hybridized carbons (Fsp3) is 0.500. The number of hydrogen-bond donors (Lipinski definition) is 0. The third-order valence-electron chi connectivity index (χ3n) is 1.64. The molecule has 1 heterocycles. The van der Waals surface area contributed by atoms with Crippen LogP contribution >= 0.6 is 15.9 Å². The molecule has 0 aromatic carbocycles. The van der Waals surface area contributed by atoms with E-state index in [1.807, 2.05) is 0 Å². The van der Waals surface area contributed by atoms with Crippen LogP contribution in [0.3, 0.4) is 0 Å². The Hall–Kier alpha value is -0.510. The van der Waals surface area contributed by atoms with Crippen molar-refractivity contribution in [1.29, 1.82) is 0 Å². The lowest BCUT2D eigenvalue weighted by Crippen LogP contribution is -1.96. The van der Waals surface area contributed by atoms with Crippen LogP contribution in [0, 0.1) is 0 Å². The molecule has 4 heteroatoms. The first-order chi connectivity index (χ1) is 4.86. The molecule has 52 valence electrons. The van der Waals surface area contributed by atoms with Gasteiger partial charge in [-0.1, -0.05) is 0 Å². The van der Waals surface area contributed by atoms with Crippen LogP contribution in [0.1, 0.15) is 17.8 Å². The topological polar surface area (TPSA) is 38.7 Å². The second-order valence-electron chi connectivity index (χ2n) is 2.33. The third-order valence-corrected chi connectivity index (χ3v) is 1.98. The highest BCUT2D eigenvalue weighted by atomic mass is 79.9. The SMILES string of the molecule is Brc1nnc2c(n1)CCC2. The van der Waals surface area contributed by atoms with Crippen LogP contribution in [0.25, 0.3) is 0 Å². The molecule has 0 amide bonds. The minimum absolute atomic E-state index is 0.605. The second-order valence-corrected chi connectivity index (χ2v) is 3.04. The Morgan fingerprint density at radius 2 is 1.90 bits per heavy atom. The number of hydrogen-bond acceptors (Lipinski definition) is 3. The number of aromatic nitrogens is 3. The van der Waals surface area contributed by atoms with Crippen molar-refractivity contribution in [1.82, 2.24) is 15.2 Å². The Kier molecular flexibility index (Phi) is 1.41. The molecule has 0 spiro atoms. The van der Waals surface area contributed by atoms with Crippen LogP contribution in [0.2, 0.25) is 0 Å². The zero-order chi connectivity index (χ0) is 6.97. The Balaban J connectivity index is 2.52. The maximum Gasteiger partial charge on any atom is 0.218 e. The van der Waals surface area contributed by atoms with Crippen LogP contribution in [0.4, 0.5) is 0 Å². The molecule has 0 radical (unpaired) electrons. The number of rotatable bonds is 0. The Bertz CT molecular complexity index is 261. The van der Waals surface area contributed by atoms with E-state index in [9.17, 15) is 0 Å². The molecule has 0 N–H and O–H groups in total. The van der Waals surface area contributed by atoms with E-state index < -0.39 is 0 Å². The normalized spacial score (nSPS) is 15.3. The maximum absolute atomic E-state index is 4.20. The molecule has 0 bridgehead atoms. The molecular formula is C6H6BrN3. The van der Waals surface area contributed by atoms with Gasteiger partial charge >= 0.3 is 0 Å². The summed E-state index contributed by atoms with van der Waals surface area (Å²) in [5.74, 6) is 0. The summed E-state index contributed by atoms with van der Waals surface area (Å²) in [6, 6.07) is 0. The van der Waals surface area contributed by atoms with Crippen LogP contribution in [0.15, 0.2) is 4.73 Å². The molecular weight excluding hydrogens is 194 g/mol. The third kappa shape index (κ3) is 0.923. The molecule has 0 atom stereocenters. The first-order valence-electron chi connectivity index (χ1n) is 3.24. The molecule has 0 unspecified atom stereocenters. The molecule has 0 fully saturated rings. The number of fused-ring (bicyclic) bond motifs is 1. The van der Waals surface area contributed by atoms with Crippen molar-refractivity contribution in [2.45, 2.75) is 19.3 Å². The van der Waals surface area contributed by atoms with Gasteiger partial charge in [-0.2, -0.15) is 5.10 Å². The fourth-order valence-corrected chi connectivity index (χ4v) is 1.47. The molecule has 1 aromatic heterocycles. The van der Waals surface area contributed by atoms with Crippen molar-refractivity contribution in [2.24, 2.45) is 0 Å². The van der Waals surface area contributed by atoms with E-state index in [0.29, 0.717) is 4.73 Å². The van der Waals surface area contributed by atoms with E-state index in [1.54, 1.807) is 0 Å². The van der Waals surface area contributed by atoms with Crippen LogP contribution < -0.4 is 0 Å². The Morgan fingerprint density at radius 1 is 1.10 bits per heavy atom. The van der Waals surface area contributed by atoms with Crippen molar-refractivity contribution in [3.8, 4) is 0 Å². The van der Waals surface area contributed by atoms with Crippen LogP contribution in [0.5, 0.6) is 0 Å². The number of aryl methyl sites for hydroxylation is 2. The standard InChI is InChI=1S/C6H6BrN3/c7-6-8-4-2-1-3-5(4)9-10-6/h1-3H2. The van der Waals surface area contributed by atoms with Gasteiger partial charge in [0.25, 0.3) is 0 Å². The largest absolute Gasteiger partial charge is 0.224 e. The van der Waals surface area contributed by atoms with E-state index in [4.69, 9.17) is 0 Å². The quantitative estimate of drug-likeness (QED) is 0.629. The summed E-state index contributed by atoms with van der Waals surface area (Å²) in [5.41, 5.74) is 2.19. The molecule has 1 aliphatic carbocycles. The molecule has 10 heavy (non-hydrogen) atoms. The average Bonchev–Trinajstić information content (AvgIpc) is 2.33. The van der Waals surface area contributed by atoms with Gasteiger partial charge in [0.2, 0.25) is 4.73 Å². The summed E-state index contributed by atoms with van der Waals surface area (Å²) >= 11 is 3.18. The van der Waals surface area contributed by atoms with Crippen molar-refractivity contribution in [3.63, 3.8) is 0 Å². The van der Waals surface area contributed by atoms with Gasteiger partial charge in [0.1, 0.15) is 0 Å². The van der Waals surface area contributed by atoms with Gasteiger partial charge in [-0.05, 0) is 35.2 Å². The zero-order valence-corrected chi connectivity index (χ0v) is 6.93. The van der Waals surface area contributed by atoms with Gasteiger partial charge in [0.05, 0.1) is 11.4 Å². The van der Waals surface area contributed by atoms with Crippen molar-refractivity contribution in [3.05, 3.63) is 16.1 Å². The molecule has 3 nitrogen and oxygen atoms in total. The van der Waals surface area contributed by atoms with Gasteiger partial charge in [0.15, 0.2) is 0 Å². The van der Waals surface area contributed by atoms with Crippen molar-refractivity contribution in [2.75, 3.05) is 0 Å². The van der Waals surface area contributed by atoms with Crippen LogP contribution in [-0.2, 0) is 12.8 Å². The van der Waals surface area contributed by atoms with E-state index in [1.165, 1.54) is 6.42 Å². The van der Waals surface area contributed by atoms with Crippen molar-refractivity contribution >= 4 is 15.9 Å². The summed E-state index contributed by atoms with van der Waals surface area (Å²) in [6.07, 6.45) is 3.28. The summed E-state index contributed by atoms with van der Waals surface area (Å²) in [7, 11) is 0. The number of halogens is 1. The molecule has 0 saturated carbocycles. The smallest absolute Gasteiger partial charge is 0.218 e. The Labute approximate surface area is 67.0 Å². The highest BCUT2D eigenvalue weighted by molar-refractivity contribution is 9.10.